The van der Waals surface area contributed by atoms with Crippen LogP contribution < -0.4 is 4.90 Å². The van der Waals surface area contributed by atoms with Crippen LogP contribution in [0.5, 0.6) is 0 Å². The van der Waals surface area contributed by atoms with Gasteiger partial charge in [0.25, 0.3) is 11.6 Å². The molecule has 1 heterocycles. The highest BCUT2D eigenvalue weighted by molar-refractivity contribution is 6.33. The van der Waals surface area contributed by atoms with Gasteiger partial charge in [-0.25, -0.2) is 4.99 Å². The molecule has 3 aromatic rings. The van der Waals surface area contributed by atoms with E-state index in [-0.39, 0.29) is 17.3 Å². The first kappa shape index (κ1) is 18.3. The van der Waals surface area contributed by atoms with Crippen molar-refractivity contribution in [3.63, 3.8) is 0 Å². The number of carbonyl (C=O) groups is 1. The molecule has 0 aromatic heterocycles. The summed E-state index contributed by atoms with van der Waals surface area (Å²) in [5.41, 5.74) is 2.99. The average Bonchev–Trinajstić information content (AvgIpc) is 3.05. The fourth-order valence-corrected chi connectivity index (χ4v) is 3.15. The Morgan fingerprint density at radius 3 is 2.28 bits per heavy atom. The predicted molar refractivity (Wildman–Crippen MR) is 113 cm³/mol. The largest absolute Gasteiger partial charge is 0.282 e. The molecule has 0 aliphatic carbocycles. The Hall–Kier alpha value is -4.06. The number of hydrogen-bond donors (Lipinski definition) is 0. The van der Waals surface area contributed by atoms with E-state index in [0.29, 0.717) is 17.1 Å². The van der Waals surface area contributed by atoms with E-state index in [1.165, 1.54) is 17.0 Å². The number of aliphatic imine (C=N–C) groups is 1. The molecule has 0 atom stereocenters. The second-order valence-corrected chi connectivity index (χ2v) is 6.62. The SMILES string of the molecule is Cc1ccc(C2=N/C(=C/c3ccccc3[N+](=O)[O-])C(=O)N2c2ccccc2)cc1. The van der Waals surface area contributed by atoms with Gasteiger partial charge < -0.3 is 0 Å². The van der Waals surface area contributed by atoms with E-state index in [1.807, 2.05) is 61.5 Å². The number of carbonyl (C=O) groups excluding carboxylic acids is 1. The van der Waals surface area contributed by atoms with Crippen LogP contribution in [0.15, 0.2) is 89.6 Å². The summed E-state index contributed by atoms with van der Waals surface area (Å²) in [4.78, 5) is 30.2. The van der Waals surface area contributed by atoms with Gasteiger partial charge in [-0.15, -0.1) is 0 Å². The Morgan fingerprint density at radius 2 is 1.59 bits per heavy atom. The Morgan fingerprint density at radius 1 is 0.931 bits per heavy atom. The molecule has 142 valence electrons. The molecule has 0 fully saturated rings. The summed E-state index contributed by atoms with van der Waals surface area (Å²) in [7, 11) is 0. The van der Waals surface area contributed by atoms with Gasteiger partial charge >= 0.3 is 0 Å². The molecule has 0 radical (unpaired) electrons. The first-order valence-electron chi connectivity index (χ1n) is 9.05. The van der Waals surface area contributed by atoms with E-state index in [4.69, 9.17) is 0 Å². The molecule has 1 aliphatic rings. The summed E-state index contributed by atoms with van der Waals surface area (Å²) in [5, 5.41) is 11.3. The van der Waals surface area contributed by atoms with Crippen molar-refractivity contribution in [2.24, 2.45) is 4.99 Å². The van der Waals surface area contributed by atoms with Crippen LogP contribution in [0.2, 0.25) is 0 Å². The number of nitro benzene ring substituents is 1. The lowest BCUT2D eigenvalue weighted by Gasteiger charge is -2.18. The summed E-state index contributed by atoms with van der Waals surface area (Å²) < 4.78 is 0. The summed E-state index contributed by atoms with van der Waals surface area (Å²) in [6, 6.07) is 23.2. The third-order valence-electron chi connectivity index (χ3n) is 4.61. The molecule has 6 nitrogen and oxygen atoms in total. The maximum atomic E-state index is 13.2. The van der Waals surface area contributed by atoms with Gasteiger partial charge in [0.05, 0.1) is 16.2 Å². The van der Waals surface area contributed by atoms with Gasteiger partial charge in [-0.2, -0.15) is 0 Å². The lowest BCUT2D eigenvalue weighted by atomic mass is 10.1. The van der Waals surface area contributed by atoms with E-state index in [9.17, 15) is 14.9 Å². The second-order valence-electron chi connectivity index (χ2n) is 6.62. The first-order chi connectivity index (χ1) is 14.0. The highest BCUT2D eigenvalue weighted by atomic mass is 16.6. The summed E-state index contributed by atoms with van der Waals surface area (Å²) in [6.07, 6.45) is 1.47. The van der Waals surface area contributed by atoms with Gasteiger partial charge in [-0.3, -0.25) is 19.8 Å². The number of rotatable bonds is 4. The number of amidine groups is 1. The molecule has 0 spiro atoms. The minimum absolute atomic E-state index is 0.0713. The summed E-state index contributed by atoms with van der Waals surface area (Å²) in [6.45, 7) is 1.99. The second kappa shape index (κ2) is 7.52. The van der Waals surface area contributed by atoms with Gasteiger partial charge in [-0.05, 0) is 31.2 Å². The molecule has 29 heavy (non-hydrogen) atoms. The molecule has 0 saturated heterocycles. The molecule has 0 saturated carbocycles. The van der Waals surface area contributed by atoms with E-state index < -0.39 is 4.92 Å². The quantitative estimate of drug-likeness (QED) is 0.371. The lowest BCUT2D eigenvalue weighted by Crippen LogP contribution is -2.32. The molecule has 1 amide bonds. The molecular weight excluding hydrogens is 366 g/mol. The number of amides is 1. The van der Waals surface area contributed by atoms with Gasteiger partial charge in [0.1, 0.15) is 11.5 Å². The molecule has 0 unspecified atom stereocenters. The van der Waals surface area contributed by atoms with Gasteiger partial charge in [0.2, 0.25) is 0 Å². The van der Waals surface area contributed by atoms with Crippen molar-refractivity contribution in [3.05, 3.63) is 111 Å². The highest BCUT2D eigenvalue weighted by Gasteiger charge is 2.32. The number of nitro groups is 1. The van der Waals surface area contributed by atoms with Crippen molar-refractivity contribution < 1.29 is 9.72 Å². The standard InChI is InChI=1S/C23H17N3O3/c1-16-11-13-17(14-12-16)22-24-20(15-18-7-5-6-10-21(18)26(28)29)23(27)25(22)19-8-3-2-4-9-19/h2-15H,1H3/b20-15+. The Kier molecular flexibility index (Phi) is 4.75. The van der Waals surface area contributed by atoms with Crippen LogP contribution in [0, 0.1) is 17.0 Å². The van der Waals surface area contributed by atoms with Gasteiger partial charge in [0, 0.05) is 11.6 Å². The molecular formula is C23H17N3O3. The van der Waals surface area contributed by atoms with Crippen molar-refractivity contribution in [2.45, 2.75) is 6.92 Å². The number of hydrogen-bond acceptors (Lipinski definition) is 4. The third kappa shape index (κ3) is 3.55. The van der Waals surface area contributed by atoms with Crippen LogP contribution in [0.1, 0.15) is 16.7 Å². The van der Waals surface area contributed by atoms with Crippen LogP contribution in [0.25, 0.3) is 6.08 Å². The molecule has 1 aliphatic heterocycles. The number of aryl methyl sites for hydroxylation is 1. The third-order valence-corrected chi connectivity index (χ3v) is 4.61. The van der Waals surface area contributed by atoms with Crippen LogP contribution >= 0.6 is 0 Å². The van der Waals surface area contributed by atoms with Crippen molar-refractivity contribution >= 4 is 29.2 Å². The van der Waals surface area contributed by atoms with Crippen LogP contribution in [0.4, 0.5) is 11.4 Å². The molecule has 0 bridgehead atoms. The fraction of sp³-hybridized carbons (Fsp3) is 0.0435. The van der Waals surface area contributed by atoms with Gasteiger partial charge in [-0.1, -0.05) is 60.2 Å². The summed E-state index contributed by atoms with van der Waals surface area (Å²) >= 11 is 0. The zero-order chi connectivity index (χ0) is 20.4. The normalized spacial score (nSPS) is 14.9. The van der Waals surface area contributed by atoms with Crippen LogP contribution in [-0.2, 0) is 4.79 Å². The van der Waals surface area contributed by atoms with Crippen molar-refractivity contribution in [2.75, 3.05) is 4.90 Å². The minimum atomic E-state index is -0.467. The van der Waals surface area contributed by atoms with E-state index >= 15 is 0 Å². The molecule has 0 N–H and O–H groups in total. The Bertz CT molecular complexity index is 1150. The molecule has 4 rings (SSSR count). The maximum Gasteiger partial charge on any atom is 0.282 e. The monoisotopic (exact) mass is 383 g/mol. The van der Waals surface area contributed by atoms with Crippen molar-refractivity contribution in [1.82, 2.24) is 0 Å². The average molecular weight is 383 g/mol. The van der Waals surface area contributed by atoms with Crippen molar-refractivity contribution in [1.29, 1.82) is 0 Å². The first-order valence-corrected chi connectivity index (χ1v) is 9.05. The highest BCUT2D eigenvalue weighted by Crippen LogP contribution is 2.29. The number of para-hydroxylation sites is 2. The Balaban J connectivity index is 1.85. The zero-order valence-electron chi connectivity index (χ0n) is 15.6. The number of benzene rings is 3. The number of anilines is 1. The predicted octanol–water partition coefficient (Wildman–Crippen LogP) is 4.74. The van der Waals surface area contributed by atoms with Gasteiger partial charge in [0.15, 0.2) is 0 Å². The van der Waals surface area contributed by atoms with Crippen molar-refractivity contribution in [3.8, 4) is 0 Å². The van der Waals surface area contributed by atoms with Crippen LogP contribution in [-0.4, -0.2) is 16.7 Å². The fourth-order valence-electron chi connectivity index (χ4n) is 3.15. The lowest BCUT2D eigenvalue weighted by molar-refractivity contribution is -0.385. The van der Waals surface area contributed by atoms with E-state index in [0.717, 1.165) is 11.1 Å². The number of nitrogens with zero attached hydrogens (tertiary/aromatic N) is 3. The Labute approximate surface area is 167 Å². The minimum Gasteiger partial charge on any atom is -0.266 e. The molecule has 6 heteroatoms. The topological polar surface area (TPSA) is 75.8 Å². The van der Waals surface area contributed by atoms with E-state index in [2.05, 4.69) is 4.99 Å². The van der Waals surface area contributed by atoms with E-state index in [1.54, 1.807) is 18.2 Å². The summed E-state index contributed by atoms with van der Waals surface area (Å²) in [5.74, 6) is 0.163. The maximum absolute atomic E-state index is 13.2. The smallest absolute Gasteiger partial charge is 0.266 e. The molecule has 3 aromatic carbocycles. The zero-order valence-corrected chi connectivity index (χ0v) is 15.6. The van der Waals surface area contributed by atoms with Crippen LogP contribution in [0.3, 0.4) is 0 Å².